The first kappa shape index (κ1) is 14.1. The number of rotatable bonds is 5. The van der Waals surface area contributed by atoms with E-state index in [9.17, 15) is 4.79 Å². The molecule has 1 amide bonds. The number of hydrogen-bond donors (Lipinski definition) is 2. The van der Waals surface area contributed by atoms with Crippen LogP contribution in [0.3, 0.4) is 0 Å². The minimum absolute atomic E-state index is 0.255. The van der Waals surface area contributed by atoms with Gasteiger partial charge in [-0.05, 0) is 18.9 Å². The van der Waals surface area contributed by atoms with E-state index >= 15 is 0 Å². The highest BCUT2D eigenvalue weighted by Crippen LogP contribution is 2.20. The van der Waals surface area contributed by atoms with Gasteiger partial charge in [0.25, 0.3) is 5.91 Å². The van der Waals surface area contributed by atoms with Crippen molar-refractivity contribution in [1.82, 2.24) is 10.3 Å². The summed E-state index contributed by atoms with van der Waals surface area (Å²) in [4.78, 5) is 15.7. The summed E-state index contributed by atoms with van der Waals surface area (Å²) < 4.78 is 5.66. The lowest BCUT2D eigenvalue weighted by Gasteiger charge is -2.11. The fraction of sp³-hybridized carbons (Fsp3) is 0.538. The quantitative estimate of drug-likeness (QED) is 0.811. The maximum atomic E-state index is 11.9. The number of hydrogen-bond acceptors (Lipinski definition) is 4. The van der Waals surface area contributed by atoms with Crippen LogP contribution >= 0.6 is 11.6 Å². The minimum Gasteiger partial charge on any atom is -0.384 e. The fourth-order valence-electron chi connectivity index (χ4n) is 2.17. The van der Waals surface area contributed by atoms with E-state index in [2.05, 4.69) is 10.3 Å². The number of pyridine rings is 1. The Morgan fingerprint density at radius 1 is 1.53 bits per heavy atom. The van der Waals surface area contributed by atoms with Crippen LogP contribution in [0.4, 0.5) is 5.82 Å². The summed E-state index contributed by atoms with van der Waals surface area (Å²) in [7, 11) is 0. The van der Waals surface area contributed by atoms with Crippen LogP contribution in [0.15, 0.2) is 12.3 Å². The van der Waals surface area contributed by atoms with Crippen molar-refractivity contribution >= 4 is 23.3 Å². The number of carbonyl (C=O) groups excluding carboxylic acids is 1. The van der Waals surface area contributed by atoms with E-state index in [0.29, 0.717) is 29.8 Å². The molecule has 1 aromatic rings. The molecule has 0 radical (unpaired) electrons. The first-order valence-electron chi connectivity index (χ1n) is 6.47. The predicted octanol–water partition coefficient (Wildman–Crippen LogP) is 2.01. The van der Waals surface area contributed by atoms with E-state index in [4.69, 9.17) is 22.1 Å². The number of nitrogen functional groups attached to an aromatic ring is 1. The molecule has 1 saturated carbocycles. The Kier molecular flexibility index (Phi) is 4.99. The molecule has 2 rings (SSSR count). The molecule has 0 aliphatic heterocycles. The van der Waals surface area contributed by atoms with Crippen LogP contribution in [-0.4, -0.2) is 30.1 Å². The van der Waals surface area contributed by atoms with Gasteiger partial charge < -0.3 is 15.8 Å². The summed E-state index contributed by atoms with van der Waals surface area (Å²) in [6, 6.07) is 1.47. The van der Waals surface area contributed by atoms with Crippen LogP contribution in [-0.2, 0) is 4.74 Å². The van der Waals surface area contributed by atoms with Gasteiger partial charge in [0.15, 0.2) is 0 Å². The summed E-state index contributed by atoms with van der Waals surface area (Å²) in [5, 5.41) is 3.05. The molecule has 0 saturated heterocycles. The van der Waals surface area contributed by atoms with Crippen molar-refractivity contribution in [3.05, 3.63) is 22.8 Å². The summed E-state index contributed by atoms with van der Waals surface area (Å²) in [5.41, 5.74) is 5.87. The van der Waals surface area contributed by atoms with Gasteiger partial charge in [-0.15, -0.1) is 0 Å². The van der Waals surface area contributed by atoms with Gasteiger partial charge in [-0.25, -0.2) is 4.98 Å². The highest BCUT2D eigenvalue weighted by Gasteiger charge is 2.15. The molecule has 0 atom stereocenters. The third-order valence-electron chi connectivity index (χ3n) is 3.16. The van der Waals surface area contributed by atoms with Gasteiger partial charge in [-0.1, -0.05) is 24.4 Å². The molecule has 1 aromatic heterocycles. The largest absolute Gasteiger partial charge is 0.384 e. The first-order chi connectivity index (χ1) is 9.16. The molecular weight excluding hydrogens is 266 g/mol. The second kappa shape index (κ2) is 6.73. The number of ether oxygens (including phenoxy) is 1. The van der Waals surface area contributed by atoms with Crippen molar-refractivity contribution in [2.45, 2.75) is 31.8 Å². The lowest BCUT2D eigenvalue weighted by Crippen LogP contribution is -2.28. The van der Waals surface area contributed by atoms with Gasteiger partial charge >= 0.3 is 0 Å². The standard InChI is InChI=1S/C13H18ClN3O2/c14-11-8-17-12(15)7-10(11)13(18)16-5-6-19-9-3-1-2-4-9/h7-9H,1-6H2,(H2,15,17)(H,16,18). The third kappa shape index (κ3) is 4.08. The van der Waals surface area contributed by atoms with Gasteiger partial charge in [-0.3, -0.25) is 4.79 Å². The van der Waals surface area contributed by atoms with Gasteiger partial charge in [0.05, 0.1) is 23.3 Å². The topological polar surface area (TPSA) is 77.2 Å². The Labute approximate surface area is 117 Å². The smallest absolute Gasteiger partial charge is 0.253 e. The number of anilines is 1. The Morgan fingerprint density at radius 3 is 3.00 bits per heavy atom. The van der Waals surface area contributed by atoms with Crippen LogP contribution in [0.5, 0.6) is 0 Å². The van der Waals surface area contributed by atoms with Crippen LogP contribution in [0.2, 0.25) is 5.02 Å². The van der Waals surface area contributed by atoms with Crippen molar-refractivity contribution in [3.8, 4) is 0 Å². The molecule has 1 fully saturated rings. The van der Waals surface area contributed by atoms with Crippen molar-refractivity contribution in [1.29, 1.82) is 0 Å². The molecule has 104 valence electrons. The normalized spacial score (nSPS) is 15.6. The second-order valence-electron chi connectivity index (χ2n) is 4.62. The van der Waals surface area contributed by atoms with Crippen LogP contribution in [0.1, 0.15) is 36.0 Å². The van der Waals surface area contributed by atoms with E-state index in [-0.39, 0.29) is 11.7 Å². The van der Waals surface area contributed by atoms with Gasteiger partial charge in [0.1, 0.15) is 5.82 Å². The van der Waals surface area contributed by atoms with E-state index in [1.807, 2.05) is 0 Å². The molecule has 0 unspecified atom stereocenters. The number of aromatic nitrogens is 1. The van der Waals surface area contributed by atoms with E-state index in [1.54, 1.807) is 0 Å². The van der Waals surface area contributed by atoms with Crippen molar-refractivity contribution in [2.75, 3.05) is 18.9 Å². The summed E-state index contributed by atoms with van der Waals surface area (Å²) in [6.45, 7) is 0.989. The maximum Gasteiger partial charge on any atom is 0.253 e. The first-order valence-corrected chi connectivity index (χ1v) is 6.85. The van der Waals surface area contributed by atoms with Crippen molar-refractivity contribution in [3.63, 3.8) is 0 Å². The molecule has 5 nitrogen and oxygen atoms in total. The zero-order valence-electron chi connectivity index (χ0n) is 10.7. The lowest BCUT2D eigenvalue weighted by atomic mass is 10.2. The van der Waals surface area contributed by atoms with Crippen molar-refractivity contribution < 1.29 is 9.53 Å². The Bertz CT molecular complexity index is 448. The average Bonchev–Trinajstić information content (AvgIpc) is 2.90. The number of nitrogens with two attached hydrogens (primary N) is 1. The molecule has 19 heavy (non-hydrogen) atoms. The van der Waals surface area contributed by atoms with Gasteiger partial charge in [-0.2, -0.15) is 0 Å². The van der Waals surface area contributed by atoms with Crippen molar-refractivity contribution in [2.24, 2.45) is 0 Å². The Hall–Kier alpha value is -1.33. The summed E-state index contributed by atoms with van der Waals surface area (Å²) >= 11 is 5.90. The predicted molar refractivity (Wildman–Crippen MR) is 74.2 cm³/mol. The van der Waals surface area contributed by atoms with E-state index in [0.717, 1.165) is 12.8 Å². The molecular formula is C13H18ClN3O2. The highest BCUT2D eigenvalue weighted by atomic mass is 35.5. The fourth-order valence-corrected chi connectivity index (χ4v) is 2.36. The number of carbonyl (C=O) groups is 1. The van der Waals surface area contributed by atoms with E-state index < -0.39 is 0 Å². The Balaban J connectivity index is 1.75. The molecule has 1 aliphatic carbocycles. The van der Waals surface area contributed by atoms with Crippen LogP contribution < -0.4 is 11.1 Å². The monoisotopic (exact) mass is 283 g/mol. The number of amides is 1. The second-order valence-corrected chi connectivity index (χ2v) is 5.03. The molecule has 1 heterocycles. The van der Waals surface area contributed by atoms with Crippen LogP contribution in [0, 0.1) is 0 Å². The molecule has 0 aromatic carbocycles. The maximum absolute atomic E-state index is 11.9. The highest BCUT2D eigenvalue weighted by molar-refractivity contribution is 6.33. The molecule has 6 heteroatoms. The zero-order chi connectivity index (χ0) is 13.7. The van der Waals surface area contributed by atoms with E-state index in [1.165, 1.54) is 25.1 Å². The molecule has 1 aliphatic rings. The van der Waals surface area contributed by atoms with Gasteiger partial charge in [0.2, 0.25) is 0 Å². The van der Waals surface area contributed by atoms with Gasteiger partial charge in [0, 0.05) is 12.7 Å². The number of nitrogens with one attached hydrogen (secondary N) is 1. The minimum atomic E-state index is -0.255. The lowest BCUT2D eigenvalue weighted by molar-refractivity contribution is 0.0582. The average molecular weight is 284 g/mol. The molecule has 0 spiro atoms. The summed E-state index contributed by atoms with van der Waals surface area (Å²) in [5.74, 6) is 0.0193. The zero-order valence-corrected chi connectivity index (χ0v) is 11.4. The SMILES string of the molecule is Nc1cc(C(=O)NCCOC2CCCC2)c(Cl)cn1. The Morgan fingerprint density at radius 2 is 2.26 bits per heavy atom. The number of nitrogens with zero attached hydrogens (tertiary/aromatic N) is 1. The third-order valence-corrected chi connectivity index (χ3v) is 3.47. The number of halogens is 1. The van der Waals surface area contributed by atoms with Crippen LogP contribution in [0.25, 0.3) is 0 Å². The summed E-state index contributed by atoms with van der Waals surface area (Å²) in [6.07, 6.45) is 6.46. The molecule has 0 bridgehead atoms. The molecule has 3 N–H and O–H groups in total.